The Labute approximate surface area is 104 Å². The number of halogens is 1. The predicted molar refractivity (Wildman–Crippen MR) is 70.9 cm³/mol. The molecule has 16 heavy (non-hydrogen) atoms. The summed E-state index contributed by atoms with van der Waals surface area (Å²) < 4.78 is 0. The lowest BCUT2D eigenvalue weighted by molar-refractivity contribution is -0.00000308. The van der Waals surface area contributed by atoms with Crippen LogP contribution in [-0.4, -0.2) is 13.3 Å². The van der Waals surface area contributed by atoms with E-state index in [1.807, 2.05) is 0 Å². The van der Waals surface area contributed by atoms with E-state index in [0.717, 1.165) is 0 Å². The summed E-state index contributed by atoms with van der Waals surface area (Å²) in [5.74, 6) is 0. The minimum atomic E-state index is -1.15. The van der Waals surface area contributed by atoms with Crippen LogP contribution < -0.4 is 23.0 Å². The van der Waals surface area contributed by atoms with Gasteiger partial charge in [0.15, 0.2) is 0 Å². The van der Waals surface area contributed by atoms with Crippen molar-refractivity contribution in [3.05, 3.63) is 60.7 Å². The highest BCUT2D eigenvalue weighted by Crippen LogP contribution is 2.48. The molecular formula is C14H16ClP. The van der Waals surface area contributed by atoms with Crippen molar-refractivity contribution in [3.8, 4) is 0 Å². The standard InChI is InChI=1S/C14H16P.ClH/c1-15(2,13-9-5-3-6-10-13)14-11-7-4-8-12-14;/h3-12H,1-2H3;1H/q+1;/p-1. The van der Waals surface area contributed by atoms with Gasteiger partial charge in [-0.3, -0.25) is 0 Å². The van der Waals surface area contributed by atoms with E-state index in [0.29, 0.717) is 0 Å². The lowest BCUT2D eigenvalue weighted by Crippen LogP contribution is -3.00. The van der Waals surface area contributed by atoms with Crippen molar-refractivity contribution in [1.82, 2.24) is 0 Å². The van der Waals surface area contributed by atoms with Crippen LogP contribution in [0.15, 0.2) is 60.7 Å². The fraction of sp³-hybridized carbons (Fsp3) is 0.143. The summed E-state index contributed by atoms with van der Waals surface area (Å²) in [5, 5.41) is 2.94. The van der Waals surface area contributed by atoms with Crippen LogP contribution in [0.2, 0.25) is 0 Å². The van der Waals surface area contributed by atoms with Gasteiger partial charge < -0.3 is 12.4 Å². The molecule has 84 valence electrons. The predicted octanol–water partition coefficient (Wildman–Crippen LogP) is -0.0814. The van der Waals surface area contributed by atoms with E-state index in [1.165, 1.54) is 10.6 Å². The summed E-state index contributed by atoms with van der Waals surface area (Å²) in [5.41, 5.74) is 0. The SMILES string of the molecule is C[P+](C)(c1ccccc1)c1ccccc1.[Cl-]. The van der Waals surface area contributed by atoms with Crippen LogP contribution in [0.5, 0.6) is 0 Å². The van der Waals surface area contributed by atoms with E-state index in [-0.39, 0.29) is 12.4 Å². The van der Waals surface area contributed by atoms with E-state index in [2.05, 4.69) is 74.0 Å². The third-order valence-electron chi connectivity index (χ3n) is 2.80. The zero-order chi connectivity index (χ0) is 10.7. The van der Waals surface area contributed by atoms with Crippen LogP contribution >= 0.6 is 7.26 Å². The Bertz CT molecular complexity index is 382. The first kappa shape index (κ1) is 13.2. The summed E-state index contributed by atoms with van der Waals surface area (Å²) in [7, 11) is -1.15. The third-order valence-corrected chi connectivity index (χ3v) is 5.98. The molecule has 2 aromatic rings. The Kier molecular flexibility index (Phi) is 4.53. The average molecular weight is 251 g/mol. The van der Waals surface area contributed by atoms with Gasteiger partial charge in [0.2, 0.25) is 0 Å². The first-order valence-electron chi connectivity index (χ1n) is 5.16. The van der Waals surface area contributed by atoms with Gasteiger partial charge in [0.1, 0.15) is 0 Å². The highest BCUT2D eigenvalue weighted by Gasteiger charge is 2.30. The number of hydrogen-bond acceptors (Lipinski definition) is 0. The van der Waals surface area contributed by atoms with Gasteiger partial charge >= 0.3 is 0 Å². The summed E-state index contributed by atoms with van der Waals surface area (Å²) in [6, 6.07) is 21.6. The maximum Gasteiger partial charge on any atom is 0.0985 e. The van der Waals surface area contributed by atoms with E-state index in [1.54, 1.807) is 0 Å². The maximum absolute atomic E-state index is 2.37. The molecule has 2 aromatic carbocycles. The molecule has 0 heterocycles. The molecule has 0 aliphatic rings. The fourth-order valence-electron chi connectivity index (χ4n) is 1.75. The minimum Gasteiger partial charge on any atom is -1.00 e. The summed E-state index contributed by atoms with van der Waals surface area (Å²) >= 11 is 0. The largest absolute Gasteiger partial charge is 1.00 e. The monoisotopic (exact) mass is 250 g/mol. The van der Waals surface area contributed by atoms with Crippen molar-refractivity contribution in [3.63, 3.8) is 0 Å². The fourth-order valence-corrected chi connectivity index (χ4v) is 3.88. The van der Waals surface area contributed by atoms with Gasteiger partial charge in [-0.2, -0.15) is 0 Å². The van der Waals surface area contributed by atoms with Gasteiger partial charge in [-0.1, -0.05) is 36.4 Å². The normalized spacial score (nSPS) is 10.6. The van der Waals surface area contributed by atoms with E-state index in [4.69, 9.17) is 0 Å². The molecule has 0 radical (unpaired) electrons. The molecule has 0 aliphatic carbocycles. The Morgan fingerprint density at radius 3 is 1.25 bits per heavy atom. The molecule has 0 saturated heterocycles. The second-order valence-electron chi connectivity index (χ2n) is 4.12. The van der Waals surface area contributed by atoms with Crippen LogP contribution in [0, 0.1) is 0 Å². The maximum atomic E-state index is 2.37. The van der Waals surface area contributed by atoms with Gasteiger partial charge in [0.05, 0.1) is 31.2 Å². The molecular weight excluding hydrogens is 235 g/mol. The van der Waals surface area contributed by atoms with Gasteiger partial charge in [0.25, 0.3) is 0 Å². The van der Waals surface area contributed by atoms with Gasteiger partial charge in [-0.05, 0) is 24.3 Å². The third kappa shape index (κ3) is 2.64. The molecule has 0 unspecified atom stereocenters. The molecule has 0 amide bonds. The second-order valence-corrected chi connectivity index (χ2v) is 8.06. The summed E-state index contributed by atoms with van der Waals surface area (Å²) in [6.07, 6.45) is 0. The van der Waals surface area contributed by atoms with Crippen LogP contribution in [0.3, 0.4) is 0 Å². The molecule has 0 fully saturated rings. The Hall–Kier alpha value is -0.840. The van der Waals surface area contributed by atoms with Crippen LogP contribution in [0.4, 0.5) is 0 Å². The molecule has 2 heteroatoms. The Morgan fingerprint density at radius 2 is 0.938 bits per heavy atom. The van der Waals surface area contributed by atoms with Crippen molar-refractivity contribution in [2.45, 2.75) is 0 Å². The van der Waals surface area contributed by atoms with E-state index in [9.17, 15) is 0 Å². The first-order valence-corrected chi connectivity index (χ1v) is 7.85. The second kappa shape index (κ2) is 5.48. The van der Waals surface area contributed by atoms with Crippen molar-refractivity contribution in [1.29, 1.82) is 0 Å². The molecule has 0 spiro atoms. The van der Waals surface area contributed by atoms with Crippen molar-refractivity contribution >= 4 is 17.9 Å². The highest BCUT2D eigenvalue weighted by molar-refractivity contribution is 7.88. The molecule has 0 atom stereocenters. The molecule has 0 saturated carbocycles. The Balaban J connectivity index is 0.00000128. The minimum absolute atomic E-state index is 0. The zero-order valence-electron chi connectivity index (χ0n) is 9.60. The van der Waals surface area contributed by atoms with E-state index < -0.39 is 7.26 Å². The van der Waals surface area contributed by atoms with Crippen LogP contribution in [-0.2, 0) is 0 Å². The van der Waals surface area contributed by atoms with Crippen molar-refractivity contribution in [2.24, 2.45) is 0 Å². The van der Waals surface area contributed by atoms with Crippen LogP contribution in [0.1, 0.15) is 0 Å². The molecule has 0 N–H and O–H groups in total. The Morgan fingerprint density at radius 1 is 0.625 bits per heavy atom. The quantitative estimate of drug-likeness (QED) is 0.654. The molecule has 0 nitrogen and oxygen atoms in total. The molecule has 2 rings (SSSR count). The van der Waals surface area contributed by atoms with Gasteiger partial charge in [-0.25, -0.2) is 0 Å². The van der Waals surface area contributed by atoms with E-state index >= 15 is 0 Å². The van der Waals surface area contributed by atoms with Gasteiger partial charge in [-0.15, -0.1) is 0 Å². The van der Waals surface area contributed by atoms with Crippen LogP contribution in [0.25, 0.3) is 0 Å². The molecule has 0 aromatic heterocycles. The smallest absolute Gasteiger partial charge is 0.0985 e. The lowest BCUT2D eigenvalue weighted by atomic mass is 10.4. The topological polar surface area (TPSA) is 0 Å². The molecule has 0 aliphatic heterocycles. The average Bonchev–Trinajstić information content (AvgIpc) is 2.31. The summed E-state index contributed by atoms with van der Waals surface area (Å²) in [6.45, 7) is 4.75. The van der Waals surface area contributed by atoms with Crippen molar-refractivity contribution < 1.29 is 12.4 Å². The zero-order valence-corrected chi connectivity index (χ0v) is 11.2. The van der Waals surface area contributed by atoms with Gasteiger partial charge in [0, 0.05) is 0 Å². The molecule has 0 bridgehead atoms. The summed E-state index contributed by atoms with van der Waals surface area (Å²) in [4.78, 5) is 0. The number of benzene rings is 2. The first-order chi connectivity index (χ1) is 7.21. The lowest BCUT2D eigenvalue weighted by Gasteiger charge is -2.17. The number of rotatable bonds is 2. The number of hydrogen-bond donors (Lipinski definition) is 0. The highest BCUT2D eigenvalue weighted by atomic mass is 35.5. The van der Waals surface area contributed by atoms with Crippen molar-refractivity contribution in [2.75, 3.05) is 13.3 Å².